The van der Waals surface area contributed by atoms with Crippen LogP contribution in [0.4, 0.5) is 4.39 Å². The average Bonchev–Trinajstić information content (AvgIpc) is 1.94. The SMILES string of the molecule is CC(C)C.CN1CCC(F)CC1. The zero-order chi connectivity index (χ0) is 9.56. The topological polar surface area (TPSA) is 3.24 Å². The zero-order valence-electron chi connectivity index (χ0n) is 8.81. The first-order valence-corrected chi connectivity index (χ1v) is 4.85. The largest absolute Gasteiger partial charge is 0.306 e. The molecule has 0 aliphatic carbocycles. The summed E-state index contributed by atoms with van der Waals surface area (Å²) in [6, 6.07) is 0. The molecule has 0 atom stereocenters. The number of halogens is 1. The number of rotatable bonds is 0. The fourth-order valence-electron chi connectivity index (χ4n) is 0.977. The molecule has 2 heteroatoms. The highest BCUT2D eigenvalue weighted by atomic mass is 19.1. The summed E-state index contributed by atoms with van der Waals surface area (Å²) in [5.41, 5.74) is 0. The van der Waals surface area contributed by atoms with Crippen LogP contribution < -0.4 is 0 Å². The molecule has 0 bridgehead atoms. The van der Waals surface area contributed by atoms with Gasteiger partial charge in [-0.15, -0.1) is 0 Å². The number of hydrogen-bond donors (Lipinski definition) is 0. The van der Waals surface area contributed by atoms with Crippen LogP contribution in [-0.4, -0.2) is 31.2 Å². The lowest BCUT2D eigenvalue weighted by Gasteiger charge is -2.23. The van der Waals surface area contributed by atoms with Crippen molar-refractivity contribution in [3.05, 3.63) is 0 Å². The fourth-order valence-corrected chi connectivity index (χ4v) is 0.977. The van der Waals surface area contributed by atoms with Crippen LogP contribution in [0.15, 0.2) is 0 Å². The first kappa shape index (κ1) is 11.9. The second kappa shape index (κ2) is 6.41. The van der Waals surface area contributed by atoms with Crippen molar-refractivity contribution in [1.82, 2.24) is 4.90 Å². The monoisotopic (exact) mass is 175 g/mol. The number of likely N-dealkylation sites (tertiary alicyclic amines) is 1. The van der Waals surface area contributed by atoms with E-state index in [1.165, 1.54) is 0 Å². The van der Waals surface area contributed by atoms with Gasteiger partial charge in [0.05, 0.1) is 0 Å². The number of hydrogen-bond acceptors (Lipinski definition) is 1. The summed E-state index contributed by atoms with van der Waals surface area (Å²) in [6.45, 7) is 8.36. The predicted molar refractivity (Wildman–Crippen MR) is 52.1 cm³/mol. The van der Waals surface area contributed by atoms with E-state index < -0.39 is 6.17 Å². The summed E-state index contributed by atoms with van der Waals surface area (Å²) >= 11 is 0. The smallest absolute Gasteiger partial charge is 0.103 e. The standard InChI is InChI=1S/C6H12FN.C4H10/c1-8-4-2-6(7)3-5-8;1-4(2)3/h6H,2-5H2,1H3;4H,1-3H3. The minimum atomic E-state index is -0.522. The third-order valence-corrected chi connectivity index (χ3v) is 1.65. The van der Waals surface area contributed by atoms with E-state index >= 15 is 0 Å². The lowest BCUT2D eigenvalue weighted by atomic mass is 10.1. The molecule has 0 aromatic heterocycles. The normalized spacial score (nSPS) is 20.5. The molecule has 1 aliphatic heterocycles. The third kappa shape index (κ3) is 7.99. The molecule has 74 valence electrons. The van der Waals surface area contributed by atoms with Gasteiger partial charge in [-0.25, -0.2) is 4.39 Å². The maximum absolute atomic E-state index is 12.3. The Morgan fingerprint density at radius 2 is 1.50 bits per heavy atom. The Balaban J connectivity index is 0.000000261. The van der Waals surface area contributed by atoms with Crippen LogP contribution in [0.1, 0.15) is 33.6 Å². The van der Waals surface area contributed by atoms with Crippen molar-refractivity contribution >= 4 is 0 Å². The van der Waals surface area contributed by atoms with Crippen molar-refractivity contribution in [2.45, 2.75) is 39.8 Å². The lowest BCUT2D eigenvalue weighted by Crippen LogP contribution is -2.30. The molecule has 0 spiro atoms. The molecule has 0 radical (unpaired) electrons. The van der Waals surface area contributed by atoms with Crippen molar-refractivity contribution in [2.75, 3.05) is 20.1 Å². The molecule has 1 rings (SSSR count). The summed E-state index contributed by atoms with van der Waals surface area (Å²) in [5, 5.41) is 0. The highest BCUT2D eigenvalue weighted by Crippen LogP contribution is 2.10. The van der Waals surface area contributed by atoms with Crippen LogP contribution in [0, 0.1) is 5.92 Å². The second-order valence-electron chi connectivity index (χ2n) is 4.21. The van der Waals surface area contributed by atoms with Crippen molar-refractivity contribution in [1.29, 1.82) is 0 Å². The van der Waals surface area contributed by atoms with Gasteiger partial charge < -0.3 is 4.90 Å². The van der Waals surface area contributed by atoms with Gasteiger partial charge in [-0.1, -0.05) is 20.8 Å². The Morgan fingerprint density at radius 3 is 1.75 bits per heavy atom. The summed E-state index contributed by atoms with van der Waals surface area (Å²) in [5.74, 6) is 0.833. The molecule has 0 aromatic rings. The fraction of sp³-hybridized carbons (Fsp3) is 1.00. The third-order valence-electron chi connectivity index (χ3n) is 1.65. The van der Waals surface area contributed by atoms with Gasteiger partial charge in [0, 0.05) is 13.1 Å². The Kier molecular flexibility index (Phi) is 6.35. The quantitative estimate of drug-likeness (QED) is 0.547. The molecule has 0 unspecified atom stereocenters. The number of nitrogens with zero attached hydrogens (tertiary/aromatic N) is 1. The number of alkyl halides is 1. The summed E-state index contributed by atoms with van der Waals surface area (Å²) in [7, 11) is 2.03. The zero-order valence-corrected chi connectivity index (χ0v) is 8.81. The van der Waals surface area contributed by atoms with E-state index in [1.54, 1.807) is 0 Å². The predicted octanol–water partition coefficient (Wildman–Crippen LogP) is 2.71. The Labute approximate surface area is 75.9 Å². The Morgan fingerprint density at radius 1 is 1.17 bits per heavy atom. The molecular formula is C10H22FN. The lowest BCUT2D eigenvalue weighted by molar-refractivity contribution is 0.174. The molecule has 1 fully saturated rings. The van der Waals surface area contributed by atoms with Crippen LogP contribution >= 0.6 is 0 Å². The van der Waals surface area contributed by atoms with Gasteiger partial charge in [-0.2, -0.15) is 0 Å². The summed E-state index contributed by atoms with van der Waals surface area (Å²) in [4.78, 5) is 2.16. The summed E-state index contributed by atoms with van der Waals surface area (Å²) < 4.78 is 12.3. The number of piperidine rings is 1. The van der Waals surface area contributed by atoms with Gasteiger partial charge in [0.2, 0.25) is 0 Å². The molecule has 0 aromatic carbocycles. The van der Waals surface area contributed by atoms with Gasteiger partial charge >= 0.3 is 0 Å². The van der Waals surface area contributed by atoms with E-state index in [9.17, 15) is 4.39 Å². The van der Waals surface area contributed by atoms with Crippen LogP contribution in [0.2, 0.25) is 0 Å². The molecule has 1 saturated heterocycles. The molecule has 12 heavy (non-hydrogen) atoms. The minimum Gasteiger partial charge on any atom is -0.306 e. The minimum absolute atomic E-state index is 0.522. The van der Waals surface area contributed by atoms with Crippen LogP contribution in [0.25, 0.3) is 0 Å². The molecule has 0 amide bonds. The van der Waals surface area contributed by atoms with Gasteiger partial charge in [-0.3, -0.25) is 0 Å². The van der Waals surface area contributed by atoms with E-state index in [4.69, 9.17) is 0 Å². The molecule has 1 nitrogen and oxygen atoms in total. The first-order valence-electron chi connectivity index (χ1n) is 4.85. The van der Waals surface area contributed by atoms with E-state index in [-0.39, 0.29) is 0 Å². The Hall–Kier alpha value is -0.110. The van der Waals surface area contributed by atoms with E-state index in [1.807, 2.05) is 7.05 Å². The molecule has 1 heterocycles. The van der Waals surface area contributed by atoms with E-state index in [0.717, 1.165) is 31.8 Å². The molecule has 0 N–H and O–H groups in total. The molecule has 1 aliphatic rings. The van der Waals surface area contributed by atoms with Crippen molar-refractivity contribution in [3.63, 3.8) is 0 Å². The van der Waals surface area contributed by atoms with Crippen molar-refractivity contribution < 1.29 is 4.39 Å². The second-order valence-corrected chi connectivity index (χ2v) is 4.21. The van der Waals surface area contributed by atoms with E-state index in [0.29, 0.717) is 0 Å². The van der Waals surface area contributed by atoms with Gasteiger partial charge in [0.1, 0.15) is 6.17 Å². The maximum Gasteiger partial charge on any atom is 0.103 e. The van der Waals surface area contributed by atoms with Crippen molar-refractivity contribution in [2.24, 2.45) is 5.92 Å². The highest BCUT2D eigenvalue weighted by Gasteiger charge is 2.14. The maximum atomic E-state index is 12.3. The van der Waals surface area contributed by atoms with Gasteiger partial charge in [0.15, 0.2) is 0 Å². The highest BCUT2D eigenvalue weighted by molar-refractivity contribution is 4.67. The van der Waals surface area contributed by atoms with E-state index in [2.05, 4.69) is 25.7 Å². The summed E-state index contributed by atoms with van der Waals surface area (Å²) in [6.07, 6.45) is 0.943. The van der Waals surface area contributed by atoms with Crippen LogP contribution in [0.3, 0.4) is 0 Å². The van der Waals surface area contributed by atoms with Crippen LogP contribution in [0.5, 0.6) is 0 Å². The van der Waals surface area contributed by atoms with Crippen molar-refractivity contribution in [3.8, 4) is 0 Å². The molecular weight excluding hydrogens is 153 g/mol. The van der Waals surface area contributed by atoms with Gasteiger partial charge in [-0.05, 0) is 25.8 Å². The molecule has 0 saturated carbocycles. The van der Waals surface area contributed by atoms with Crippen LogP contribution in [-0.2, 0) is 0 Å². The van der Waals surface area contributed by atoms with Gasteiger partial charge in [0.25, 0.3) is 0 Å². The average molecular weight is 175 g/mol. The first-order chi connectivity index (χ1) is 5.52. The Bertz CT molecular complexity index is 83.3.